The average Bonchev–Trinajstić information content (AvgIpc) is 3.35. The predicted molar refractivity (Wildman–Crippen MR) is 128 cm³/mol. The average molecular weight is 466 g/mol. The van der Waals surface area contributed by atoms with Crippen LogP contribution in [-0.4, -0.2) is 40.6 Å². The van der Waals surface area contributed by atoms with E-state index in [1.807, 2.05) is 62.5 Å². The number of thiazole rings is 1. The van der Waals surface area contributed by atoms with Gasteiger partial charge in [0.15, 0.2) is 6.10 Å². The van der Waals surface area contributed by atoms with Gasteiger partial charge in [0.1, 0.15) is 16.8 Å². The van der Waals surface area contributed by atoms with Crippen molar-refractivity contribution in [2.75, 3.05) is 11.5 Å². The molecule has 1 aliphatic rings. The number of rotatable bonds is 8. The first-order valence-corrected chi connectivity index (χ1v) is 12.1. The highest BCUT2D eigenvalue weighted by Crippen LogP contribution is 2.40. The number of amides is 1. The van der Waals surface area contributed by atoms with Gasteiger partial charge in [-0.15, -0.1) is 11.3 Å². The van der Waals surface area contributed by atoms with E-state index in [4.69, 9.17) is 14.5 Å². The van der Waals surface area contributed by atoms with Crippen molar-refractivity contribution >= 4 is 28.9 Å². The van der Waals surface area contributed by atoms with Crippen LogP contribution in [0.1, 0.15) is 40.0 Å². The fourth-order valence-corrected chi connectivity index (χ4v) is 4.59. The van der Waals surface area contributed by atoms with Crippen LogP contribution in [-0.2, 0) is 14.3 Å². The maximum Gasteiger partial charge on any atom is 0.329 e. The Bertz CT molecular complexity index is 1130. The molecule has 2 unspecified atom stereocenters. The molecule has 0 fully saturated rings. The van der Waals surface area contributed by atoms with Gasteiger partial charge in [0.2, 0.25) is 0 Å². The summed E-state index contributed by atoms with van der Waals surface area (Å²) in [7, 11) is 0. The highest BCUT2D eigenvalue weighted by atomic mass is 32.1. The van der Waals surface area contributed by atoms with Crippen LogP contribution in [0.2, 0.25) is 0 Å². The lowest BCUT2D eigenvalue weighted by atomic mass is 10.0. The Labute approximate surface area is 197 Å². The summed E-state index contributed by atoms with van der Waals surface area (Å²) in [5, 5.41) is 2.77. The second kappa shape index (κ2) is 10.1. The first kappa shape index (κ1) is 22.9. The molecule has 2 aromatic heterocycles. The minimum atomic E-state index is -0.712. The van der Waals surface area contributed by atoms with Crippen molar-refractivity contribution in [1.82, 2.24) is 9.97 Å². The van der Waals surface area contributed by atoms with Crippen LogP contribution in [0.3, 0.4) is 0 Å². The first-order valence-electron chi connectivity index (χ1n) is 11.2. The molecule has 0 N–H and O–H groups in total. The number of aromatic nitrogens is 2. The summed E-state index contributed by atoms with van der Waals surface area (Å²) in [6.45, 7) is 6.04. The molecule has 8 heteroatoms. The van der Waals surface area contributed by atoms with E-state index in [2.05, 4.69) is 4.98 Å². The molecule has 0 bridgehead atoms. The fourth-order valence-electron chi connectivity index (χ4n) is 3.79. The van der Waals surface area contributed by atoms with Crippen LogP contribution < -0.4 is 9.64 Å². The zero-order chi connectivity index (χ0) is 23.4. The number of nitrogens with zero attached hydrogens (tertiary/aromatic N) is 3. The summed E-state index contributed by atoms with van der Waals surface area (Å²) >= 11 is 1.51. The molecular formula is C25H27N3O4S. The standard InChI is InChI=1S/C25H27N3O4S/c1-4-13-31-25(30)19(5-2)28-20-14-16(10-11-22(20)32-21(6-3)24(28)29)18-15-33-23(27-18)17-9-7-8-12-26-17/h7-12,14-15,19,21H,4-6,13H2,1-3H3. The zero-order valence-electron chi connectivity index (χ0n) is 19.0. The minimum absolute atomic E-state index is 0.227. The Kier molecular flexibility index (Phi) is 7.03. The van der Waals surface area contributed by atoms with Crippen LogP contribution >= 0.6 is 11.3 Å². The van der Waals surface area contributed by atoms with Crippen LogP contribution in [0, 0.1) is 0 Å². The van der Waals surface area contributed by atoms with Gasteiger partial charge in [-0.2, -0.15) is 0 Å². The van der Waals surface area contributed by atoms with Gasteiger partial charge in [-0.05, 0) is 49.6 Å². The number of benzene rings is 1. The van der Waals surface area contributed by atoms with Crippen molar-refractivity contribution < 1.29 is 19.1 Å². The number of carbonyl (C=O) groups is 2. The largest absolute Gasteiger partial charge is 0.478 e. The summed E-state index contributed by atoms with van der Waals surface area (Å²) in [6, 6.07) is 10.6. The summed E-state index contributed by atoms with van der Waals surface area (Å²) in [6.07, 6.45) is 2.78. The van der Waals surface area contributed by atoms with E-state index >= 15 is 0 Å². The Morgan fingerprint density at radius 2 is 2.06 bits per heavy atom. The molecule has 0 spiro atoms. The predicted octanol–water partition coefficient (Wildman–Crippen LogP) is 5.11. The molecule has 33 heavy (non-hydrogen) atoms. The Morgan fingerprint density at radius 1 is 1.21 bits per heavy atom. The molecule has 4 rings (SSSR count). The molecule has 7 nitrogen and oxygen atoms in total. The number of esters is 1. The lowest BCUT2D eigenvalue weighted by Crippen LogP contribution is -2.53. The summed E-state index contributed by atoms with van der Waals surface area (Å²) in [5.74, 6) is -0.0473. The molecule has 1 aliphatic heterocycles. The third-order valence-electron chi connectivity index (χ3n) is 5.47. The second-order valence-electron chi connectivity index (χ2n) is 7.75. The van der Waals surface area contributed by atoms with Crippen molar-refractivity contribution in [2.45, 2.75) is 52.2 Å². The SMILES string of the molecule is CCCOC(=O)C(CC)N1C(=O)C(CC)Oc2ccc(-c3csc(-c4ccccn4)n3)cc21. The van der Waals surface area contributed by atoms with E-state index in [0.29, 0.717) is 30.9 Å². The van der Waals surface area contributed by atoms with E-state index in [1.165, 1.54) is 11.3 Å². The van der Waals surface area contributed by atoms with Crippen LogP contribution in [0.5, 0.6) is 5.75 Å². The number of ether oxygens (including phenoxy) is 2. The van der Waals surface area contributed by atoms with Crippen molar-refractivity contribution in [3.05, 3.63) is 48.0 Å². The van der Waals surface area contributed by atoms with Gasteiger partial charge in [0, 0.05) is 17.1 Å². The van der Waals surface area contributed by atoms with E-state index in [9.17, 15) is 9.59 Å². The molecule has 0 radical (unpaired) electrons. The fraction of sp³-hybridized carbons (Fsp3) is 0.360. The quantitative estimate of drug-likeness (QED) is 0.430. The molecule has 0 aliphatic carbocycles. The number of fused-ring (bicyclic) bond motifs is 1. The molecule has 0 saturated carbocycles. The topological polar surface area (TPSA) is 81.6 Å². The molecule has 3 aromatic rings. The van der Waals surface area contributed by atoms with Crippen molar-refractivity contribution in [2.24, 2.45) is 0 Å². The molecule has 1 aromatic carbocycles. The first-order chi connectivity index (χ1) is 16.1. The van der Waals surface area contributed by atoms with Gasteiger partial charge in [0.05, 0.1) is 23.7 Å². The maximum atomic E-state index is 13.3. The van der Waals surface area contributed by atoms with Crippen LogP contribution in [0.15, 0.2) is 48.0 Å². The second-order valence-corrected chi connectivity index (χ2v) is 8.61. The summed E-state index contributed by atoms with van der Waals surface area (Å²) in [4.78, 5) is 36.8. The Hall–Kier alpha value is -3.26. The molecule has 3 heterocycles. The van der Waals surface area contributed by atoms with E-state index < -0.39 is 18.1 Å². The van der Waals surface area contributed by atoms with Gasteiger partial charge in [-0.25, -0.2) is 9.78 Å². The smallest absolute Gasteiger partial charge is 0.329 e. The number of pyridine rings is 1. The molecule has 2 atom stereocenters. The van der Waals surface area contributed by atoms with Gasteiger partial charge >= 0.3 is 5.97 Å². The van der Waals surface area contributed by atoms with Gasteiger partial charge in [-0.1, -0.05) is 26.8 Å². The lowest BCUT2D eigenvalue weighted by molar-refractivity contribution is -0.147. The van der Waals surface area contributed by atoms with E-state index in [-0.39, 0.29) is 5.91 Å². The highest BCUT2D eigenvalue weighted by Gasteiger charge is 2.40. The summed E-state index contributed by atoms with van der Waals surface area (Å²) in [5.41, 5.74) is 2.98. The Morgan fingerprint density at radius 3 is 2.76 bits per heavy atom. The van der Waals surface area contributed by atoms with E-state index in [1.54, 1.807) is 11.1 Å². The number of carbonyl (C=O) groups excluding carboxylic acids is 2. The van der Waals surface area contributed by atoms with Crippen molar-refractivity contribution in [3.8, 4) is 27.7 Å². The molecule has 1 amide bonds. The normalized spacial score (nSPS) is 16.2. The number of anilines is 1. The third kappa shape index (κ3) is 4.61. The zero-order valence-corrected chi connectivity index (χ0v) is 19.8. The van der Waals surface area contributed by atoms with Crippen molar-refractivity contribution in [1.29, 1.82) is 0 Å². The van der Waals surface area contributed by atoms with Crippen LogP contribution in [0.25, 0.3) is 22.0 Å². The molecule has 172 valence electrons. The summed E-state index contributed by atoms with van der Waals surface area (Å²) < 4.78 is 11.4. The maximum absolute atomic E-state index is 13.3. The molecular weight excluding hydrogens is 438 g/mol. The number of hydrogen-bond donors (Lipinski definition) is 0. The van der Waals surface area contributed by atoms with Gasteiger partial charge in [0.25, 0.3) is 5.91 Å². The minimum Gasteiger partial charge on any atom is -0.478 e. The highest BCUT2D eigenvalue weighted by molar-refractivity contribution is 7.13. The molecule has 0 saturated heterocycles. The van der Waals surface area contributed by atoms with E-state index in [0.717, 1.165) is 28.4 Å². The van der Waals surface area contributed by atoms with Crippen LogP contribution in [0.4, 0.5) is 5.69 Å². The monoisotopic (exact) mass is 465 g/mol. The Balaban J connectivity index is 1.73. The van der Waals surface area contributed by atoms with Crippen molar-refractivity contribution in [3.63, 3.8) is 0 Å². The third-order valence-corrected chi connectivity index (χ3v) is 6.34. The lowest BCUT2D eigenvalue weighted by Gasteiger charge is -2.37. The number of hydrogen-bond acceptors (Lipinski definition) is 7. The van der Waals surface area contributed by atoms with Gasteiger partial charge in [-0.3, -0.25) is 14.7 Å². The van der Waals surface area contributed by atoms with Gasteiger partial charge < -0.3 is 9.47 Å².